The quantitative estimate of drug-likeness (QED) is 0.701. The highest BCUT2D eigenvalue weighted by molar-refractivity contribution is 5.83. The number of amides is 2. The van der Waals surface area contributed by atoms with Crippen molar-refractivity contribution in [2.45, 2.75) is 47.5 Å². The van der Waals surface area contributed by atoms with Crippen LogP contribution in [0.15, 0.2) is 0 Å². The van der Waals surface area contributed by atoms with E-state index in [1.54, 1.807) is 0 Å². The van der Waals surface area contributed by atoms with Crippen molar-refractivity contribution in [2.24, 2.45) is 11.3 Å². The molecule has 1 atom stereocenters. The Balaban J connectivity index is 3.87. The Labute approximate surface area is 91.8 Å². The average molecular weight is 214 g/mol. The molecule has 4 heteroatoms. The first-order valence-electron chi connectivity index (χ1n) is 5.35. The lowest BCUT2D eigenvalue weighted by molar-refractivity contribution is -0.131. The van der Waals surface area contributed by atoms with E-state index in [2.05, 4.69) is 10.9 Å². The SMILES string of the molecule is CCC(C)C(=O)NNC(=O)CC(C)(C)C. The molecule has 0 aliphatic carbocycles. The number of carbonyl (C=O) groups is 2. The third-order valence-corrected chi connectivity index (χ3v) is 2.08. The Morgan fingerprint density at radius 2 is 1.73 bits per heavy atom. The fraction of sp³-hybridized carbons (Fsp3) is 0.818. The van der Waals surface area contributed by atoms with E-state index < -0.39 is 0 Å². The lowest BCUT2D eigenvalue weighted by atomic mass is 9.92. The molecule has 0 aromatic carbocycles. The van der Waals surface area contributed by atoms with Gasteiger partial charge in [-0.15, -0.1) is 0 Å². The number of rotatable bonds is 3. The lowest BCUT2D eigenvalue weighted by Crippen LogP contribution is -2.44. The van der Waals surface area contributed by atoms with E-state index in [0.29, 0.717) is 6.42 Å². The van der Waals surface area contributed by atoms with Crippen molar-refractivity contribution in [1.82, 2.24) is 10.9 Å². The van der Waals surface area contributed by atoms with Gasteiger partial charge in [-0.1, -0.05) is 34.6 Å². The minimum Gasteiger partial charge on any atom is -0.273 e. The standard InChI is InChI=1S/C11H22N2O2/c1-6-8(2)10(15)13-12-9(14)7-11(3,4)5/h8H,6-7H2,1-5H3,(H,12,14)(H,13,15). The van der Waals surface area contributed by atoms with E-state index in [0.717, 1.165) is 6.42 Å². The fourth-order valence-corrected chi connectivity index (χ4v) is 0.966. The second-order valence-corrected chi connectivity index (χ2v) is 5.08. The summed E-state index contributed by atoms with van der Waals surface area (Å²) >= 11 is 0. The van der Waals surface area contributed by atoms with Crippen molar-refractivity contribution in [3.63, 3.8) is 0 Å². The van der Waals surface area contributed by atoms with Crippen molar-refractivity contribution in [2.75, 3.05) is 0 Å². The highest BCUT2D eigenvalue weighted by Gasteiger charge is 2.17. The molecule has 4 nitrogen and oxygen atoms in total. The van der Waals surface area contributed by atoms with Crippen LogP contribution < -0.4 is 10.9 Å². The van der Waals surface area contributed by atoms with Crippen molar-refractivity contribution >= 4 is 11.8 Å². The predicted molar refractivity (Wildman–Crippen MR) is 59.8 cm³/mol. The Morgan fingerprint density at radius 3 is 2.13 bits per heavy atom. The second kappa shape index (κ2) is 5.73. The maximum Gasteiger partial charge on any atom is 0.241 e. The zero-order valence-corrected chi connectivity index (χ0v) is 10.3. The number of hydrogen-bond acceptors (Lipinski definition) is 2. The zero-order chi connectivity index (χ0) is 12.1. The third kappa shape index (κ3) is 6.94. The van der Waals surface area contributed by atoms with Crippen molar-refractivity contribution in [1.29, 1.82) is 0 Å². The van der Waals surface area contributed by atoms with E-state index in [4.69, 9.17) is 0 Å². The van der Waals surface area contributed by atoms with Crippen LogP contribution >= 0.6 is 0 Å². The summed E-state index contributed by atoms with van der Waals surface area (Å²) < 4.78 is 0. The van der Waals surface area contributed by atoms with Crippen LogP contribution in [-0.2, 0) is 9.59 Å². The Morgan fingerprint density at radius 1 is 1.20 bits per heavy atom. The number of carbonyl (C=O) groups excluding carboxylic acids is 2. The van der Waals surface area contributed by atoms with Crippen molar-refractivity contribution < 1.29 is 9.59 Å². The summed E-state index contributed by atoms with van der Waals surface area (Å²) in [4.78, 5) is 22.7. The van der Waals surface area contributed by atoms with Crippen molar-refractivity contribution in [3.8, 4) is 0 Å². The zero-order valence-electron chi connectivity index (χ0n) is 10.3. The van der Waals surface area contributed by atoms with Gasteiger partial charge in [0.1, 0.15) is 0 Å². The Kier molecular flexibility index (Phi) is 5.33. The van der Waals surface area contributed by atoms with Gasteiger partial charge in [-0.2, -0.15) is 0 Å². The van der Waals surface area contributed by atoms with Gasteiger partial charge in [0.2, 0.25) is 11.8 Å². The second-order valence-electron chi connectivity index (χ2n) is 5.08. The van der Waals surface area contributed by atoms with E-state index in [1.165, 1.54) is 0 Å². The molecule has 2 N–H and O–H groups in total. The van der Waals surface area contributed by atoms with Gasteiger partial charge >= 0.3 is 0 Å². The normalized spacial score (nSPS) is 13.1. The van der Waals surface area contributed by atoms with Gasteiger partial charge in [0, 0.05) is 12.3 Å². The van der Waals surface area contributed by atoms with Crippen LogP contribution in [0.1, 0.15) is 47.5 Å². The van der Waals surface area contributed by atoms with Gasteiger partial charge in [-0.05, 0) is 11.8 Å². The van der Waals surface area contributed by atoms with E-state index >= 15 is 0 Å². The Hall–Kier alpha value is -1.06. The molecule has 88 valence electrons. The van der Waals surface area contributed by atoms with Crippen molar-refractivity contribution in [3.05, 3.63) is 0 Å². The molecule has 0 saturated carbocycles. The smallest absolute Gasteiger partial charge is 0.241 e. The maximum absolute atomic E-state index is 11.3. The highest BCUT2D eigenvalue weighted by Crippen LogP contribution is 2.17. The molecule has 0 bridgehead atoms. The van der Waals surface area contributed by atoms with E-state index in [-0.39, 0.29) is 23.1 Å². The summed E-state index contributed by atoms with van der Waals surface area (Å²) in [7, 11) is 0. The molecule has 0 rings (SSSR count). The van der Waals surface area contributed by atoms with Crippen LogP contribution in [0, 0.1) is 11.3 Å². The fourth-order valence-electron chi connectivity index (χ4n) is 0.966. The third-order valence-electron chi connectivity index (χ3n) is 2.08. The largest absolute Gasteiger partial charge is 0.273 e. The molecule has 0 fully saturated rings. The van der Waals surface area contributed by atoms with Gasteiger partial charge in [-0.25, -0.2) is 0 Å². The Bertz CT molecular complexity index is 231. The molecule has 0 aliphatic rings. The summed E-state index contributed by atoms with van der Waals surface area (Å²) in [6.07, 6.45) is 1.16. The van der Waals surface area contributed by atoms with Crippen LogP contribution in [0.3, 0.4) is 0 Å². The molecule has 0 aromatic rings. The van der Waals surface area contributed by atoms with Gasteiger partial charge in [0.15, 0.2) is 0 Å². The lowest BCUT2D eigenvalue weighted by Gasteiger charge is -2.18. The molecule has 2 amide bonds. The minimum absolute atomic E-state index is 0.0643. The summed E-state index contributed by atoms with van der Waals surface area (Å²) in [5, 5.41) is 0. The van der Waals surface area contributed by atoms with Crippen LogP contribution in [0.5, 0.6) is 0 Å². The summed E-state index contributed by atoms with van der Waals surface area (Å²) in [5.74, 6) is -0.362. The first-order chi connectivity index (χ1) is 6.76. The van der Waals surface area contributed by atoms with E-state index in [9.17, 15) is 9.59 Å². The highest BCUT2D eigenvalue weighted by atomic mass is 16.2. The molecule has 0 aromatic heterocycles. The van der Waals surface area contributed by atoms with Crippen LogP contribution in [0.4, 0.5) is 0 Å². The van der Waals surface area contributed by atoms with Gasteiger partial charge in [0.25, 0.3) is 0 Å². The molecule has 0 heterocycles. The summed E-state index contributed by atoms with van der Waals surface area (Å²) in [6, 6.07) is 0. The minimum atomic E-state index is -0.154. The number of nitrogens with one attached hydrogen (secondary N) is 2. The predicted octanol–water partition coefficient (Wildman–Crippen LogP) is 1.62. The molecular weight excluding hydrogens is 192 g/mol. The molecule has 15 heavy (non-hydrogen) atoms. The molecule has 0 radical (unpaired) electrons. The molecular formula is C11H22N2O2. The number of hydrazine groups is 1. The topological polar surface area (TPSA) is 58.2 Å². The average Bonchev–Trinajstić information content (AvgIpc) is 2.10. The molecule has 0 saturated heterocycles. The summed E-state index contributed by atoms with van der Waals surface area (Å²) in [5.41, 5.74) is 4.77. The first-order valence-corrected chi connectivity index (χ1v) is 5.35. The van der Waals surface area contributed by atoms with Gasteiger partial charge in [-0.3, -0.25) is 20.4 Å². The summed E-state index contributed by atoms with van der Waals surface area (Å²) in [6.45, 7) is 9.68. The van der Waals surface area contributed by atoms with Gasteiger partial charge < -0.3 is 0 Å². The monoisotopic (exact) mass is 214 g/mol. The van der Waals surface area contributed by atoms with Gasteiger partial charge in [0.05, 0.1) is 0 Å². The van der Waals surface area contributed by atoms with Crippen LogP contribution in [0.2, 0.25) is 0 Å². The maximum atomic E-state index is 11.3. The molecule has 0 spiro atoms. The van der Waals surface area contributed by atoms with Crippen LogP contribution in [0.25, 0.3) is 0 Å². The first kappa shape index (κ1) is 13.9. The van der Waals surface area contributed by atoms with Crippen LogP contribution in [-0.4, -0.2) is 11.8 Å². The molecule has 1 unspecified atom stereocenters. The number of hydrogen-bond donors (Lipinski definition) is 2. The van der Waals surface area contributed by atoms with E-state index in [1.807, 2.05) is 34.6 Å². The molecule has 0 aliphatic heterocycles.